The fourth-order valence-electron chi connectivity index (χ4n) is 1.92. The number of anilines is 1. The summed E-state index contributed by atoms with van der Waals surface area (Å²) < 4.78 is 4.85. The quantitative estimate of drug-likeness (QED) is 0.833. The van der Waals surface area contributed by atoms with E-state index in [-0.39, 0.29) is 23.6 Å². The number of pyridine rings is 1. The van der Waals surface area contributed by atoms with E-state index in [9.17, 15) is 14.4 Å². The topological polar surface area (TPSA) is 88.3 Å². The Morgan fingerprint density at radius 1 is 1.35 bits per heavy atom. The zero-order chi connectivity index (χ0) is 14.7. The number of hydrogen-bond donors (Lipinski definition) is 2. The maximum atomic E-state index is 12.1. The number of H-pyrrole nitrogens is 1. The number of nitrogens with one attached hydrogen (secondary N) is 2. The zero-order valence-corrected chi connectivity index (χ0v) is 11.1. The van der Waals surface area contributed by atoms with Gasteiger partial charge in [-0.2, -0.15) is 0 Å². The molecule has 0 bridgehead atoms. The lowest BCUT2D eigenvalue weighted by molar-refractivity contribution is -0.114. The molecule has 1 amide bonds. The Balaban J connectivity index is 2.60. The predicted molar refractivity (Wildman–Crippen MR) is 74.8 cm³/mol. The van der Waals surface area contributed by atoms with Crippen molar-refractivity contribution in [3.8, 4) is 0 Å². The summed E-state index contributed by atoms with van der Waals surface area (Å²) in [6.45, 7) is 3.27. The molecule has 6 heteroatoms. The molecule has 2 N–H and O–H groups in total. The molecule has 0 aliphatic carbocycles. The summed E-state index contributed by atoms with van der Waals surface area (Å²) in [6.07, 6.45) is 0. The van der Waals surface area contributed by atoms with E-state index in [0.717, 1.165) is 0 Å². The van der Waals surface area contributed by atoms with Crippen molar-refractivity contribution in [3.63, 3.8) is 0 Å². The Labute approximate surface area is 114 Å². The van der Waals surface area contributed by atoms with Crippen molar-refractivity contribution >= 4 is 28.5 Å². The first-order valence-electron chi connectivity index (χ1n) is 6.13. The molecule has 0 aliphatic heterocycles. The molecule has 20 heavy (non-hydrogen) atoms. The van der Waals surface area contributed by atoms with Crippen LogP contribution >= 0.6 is 0 Å². The van der Waals surface area contributed by atoms with Crippen LogP contribution in [0.5, 0.6) is 0 Å². The summed E-state index contributed by atoms with van der Waals surface area (Å²) in [5, 5.41) is 2.92. The third-order valence-electron chi connectivity index (χ3n) is 2.66. The van der Waals surface area contributed by atoms with Gasteiger partial charge in [-0.25, -0.2) is 4.79 Å². The van der Waals surface area contributed by atoms with Gasteiger partial charge in [0.15, 0.2) is 5.43 Å². The number of esters is 1. The van der Waals surface area contributed by atoms with Crippen LogP contribution in [0.1, 0.15) is 24.3 Å². The van der Waals surface area contributed by atoms with E-state index in [4.69, 9.17) is 4.74 Å². The zero-order valence-electron chi connectivity index (χ0n) is 11.1. The van der Waals surface area contributed by atoms with Gasteiger partial charge in [-0.3, -0.25) is 9.59 Å². The van der Waals surface area contributed by atoms with E-state index in [2.05, 4.69) is 10.3 Å². The smallest absolute Gasteiger partial charge is 0.354 e. The number of amides is 1. The molecule has 2 rings (SSSR count). The normalized spacial score (nSPS) is 10.3. The molecule has 0 fully saturated rings. The minimum absolute atomic E-state index is 0.0873. The molecule has 0 aliphatic rings. The van der Waals surface area contributed by atoms with Crippen LogP contribution < -0.4 is 10.7 Å². The molecular weight excluding hydrogens is 260 g/mol. The van der Waals surface area contributed by atoms with Crippen molar-refractivity contribution in [3.05, 3.63) is 40.2 Å². The molecule has 6 nitrogen and oxygen atoms in total. The third kappa shape index (κ3) is 2.69. The maximum absolute atomic E-state index is 12.1. The number of rotatable bonds is 3. The van der Waals surface area contributed by atoms with Gasteiger partial charge in [0, 0.05) is 13.0 Å². The van der Waals surface area contributed by atoms with Gasteiger partial charge in [-0.1, -0.05) is 6.07 Å². The van der Waals surface area contributed by atoms with Crippen LogP contribution in [0.2, 0.25) is 0 Å². The summed E-state index contributed by atoms with van der Waals surface area (Å²) in [4.78, 5) is 37.7. The average molecular weight is 274 g/mol. The number of carbonyl (C=O) groups excluding carboxylic acids is 2. The second-order valence-corrected chi connectivity index (χ2v) is 4.18. The summed E-state index contributed by atoms with van der Waals surface area (Å²) in [6, 6.07) is 6.14. The lowest BCUT2D eigenvalue weighted by Gasteiger charge is -2.08. The average Bonchev–Trinajstić information content (AvgIpc) is 2.38. The molecular formula is C14H14N2O4. The van der Waals surface area contributed by atoms with E-state index < -0.39 is 5.97 Å². The van der Waals surface area contributed by atoms with Gasteiger partial charge in [-0.15, -0.1) is 0 Å². The Bertz CT molecular complexity index is 734. The fourth-order valence-corrected chi connectivity index (χ4v) is 1.92. The second-order valence-electron chi connectivity index (χ2n) is 4.18. The number of aromatic amines is 1. The van der Waals surface area contributed by atoms with Gasteiger partial charge >= 0.3 is 5.97 Å². The number of fused-ring (bicyclic) bond motifs is 1. The van der Waals surface area contributed by atoms with Crippen molar-refractivity contribution in [2.75, 3.05) is 11.9 Å². The first kappa shape index (κ1) is 13.8. The molecule has 0 unspecified atom stereocenters. The van der Waals surface area contributed by atoms with Crippen LogP contribution in [0, 0.1) is 0 Å². The van der Waals surface area contributed by atoms with Gasteiger partial charge in [0.1, 0.15) is 5.69 Å². The number of ether oxygens (including phenoxy) is 1. The second kappa shape index (κ2) is 5.56. The predicted octanol–water partition coefficient (Wildman–Crippen LogP) is 1.66. The van der Waals surface area contributed by atoms with E-state index >= 15 is 0 Å². The molecule has 0 spiro atoms. The third-order valence-corrected chi connectivity index (χ3v) is 2.66. The standard InChI is InChI=1S/C14H14N2O4/c1-3-20-14(19)11-7-12(18)13-9(15-8(2)17)5-4-6-10(13)16-11/h4-7H,3H2,1-2H3,(H,15,17)(H,16,18). The summed E-state index contributed by atoms with van der Waals surface area (Å²) in [5.74, 6) is -0.859. The number of hydrogen-bond acceptors (Lipinski definition) is 4. The summed E-state index contributed by atoms with van der Waals surface area (Å²) in [5.41, 5.74) is 0.605. The molecule has 0 saturated heterocycles. The van der Waals surface area contributed by atoms with Crippen LogP contribution in [-0.4, -0.2) is 23.5 Å². The summed E-state index contributed by atoms with van der Waals surface area (Å²) in [7, 11) is 0. The summed E-state index contributed by atoms with van der Waals surface area (Å²) >= 11 is 0. The van der Waals surface area contributed by atoms with Gasteiger partial charge in [-0.05, 0) is 19.1 Å². The highest BCUT2D eigenvalue weighted by molar-refractivity contribution is 6.01. The Morgan fingerprint density at radius 3 is 2.75 bits per heavy atom. The molecule has 0 saturated carbocycles. The molecule has 104 valence electrons. The molecule has 1 heterocycles. The molecule has 2 aromatic rings. The van der Waals surface area contributed by atoms with Crippen LogP contribution in [-0.2, 0) is 9.53 Å². The minimum Gasteiger partial charge on any atom is -0.461 e. The minimum atomic E-state index is -0.587. The first-order chi connectivity index (χ1) is 9.52. The number of carbonyl (C=O) groups is 2. The molecule has 0 atom stereocenters. The highest BCUT2D eigenvalue weighted by Crippen LogP contribution is 2.19. The number of benzene rings is 1. The van der Waals surface area contributed by atoms with Crippen molar-refractivity contribution < 1.29 is 14.3 Å². The first-order valence-corrected chi connectivity index (χ1v) is 6.13. The SMILES string of the molecule is CCOC(=O)c1cc(=O)c2c(NC(C)=O)cccc2[nH]1. The van der Waals surface area contributed by atoms with Crippen molar-refractivity contribution in [2.24, 2.45) is 0 Å². The van der Waals surface area contributed by atoms with Crippen LogP contribution in [0.3, 0.4) is 0 Å². The van der Waals surface area contributed by atoms with Gasteiger partial charge in [0.2, 0.25) is 5.91 Å². The van der Waals surface area contributed by atoms with Crippen molar-refractivity contribution in [1.29, 1.82) is 0 Å². The Kier molecular flexibility index (Phi) is 3.84. The van der Waals surface area contributed by atoms with Gasteiger partial charge in [0.05, 0.1) is 23.2 Å². The Morgan fingerprint density at radius 2 is 2.10 bits per heavy atom. The van der Waals surface area contributed by atoms with Crippen LogP contribution in [0.15, 0.2) is 29.1 Å². The van der Waals surface area contributed by atoms with Crippen molar-refractivity contribution in [1.82, 2.24) is 4.98 Å². The van der Waals surface area contributed by atoms with Gasteiger partial charge < -0.3 is 15.0 Å². The maximum Gasteiger partial charge on any atom is 0.354 e. The van der Waals surface area contributed by atoms with Gasteiger partial charge in [0.25, 0.3) is 0 Å². The highest BCUT2D eigenvalue weighted by Gasteiger charge is 2.13. The van der Waals surface area contributed by atoms with Crippen LogP contribution in [0.4, 0.5) is 5.69 Å². The van der Waals surface area contributed by atoms with E-state index in [1.807, 2.05) is 0 Å². The molecule has 1 aromatic carbocycles. The lowest BCUT2D eigenvalue weighted by Crippen LogP contribution is -2.15. The van der Waals surface area contributed by atoms with Crippen molar-refractivity contribution in [2.45, 2.75) is 13.8 Å². The van der Waals surface area contributed by atoms with E-state index in [0.29, 0.717) is 16.6 Å². The fraction of sp³-hybridized carbons (Fsp3) is 0.214. The molecule has 1 aromatic heterocycles. The number of aromatic nitrogens is 1. The van der Waals surface area contributed by atoms with E-state index in [1.54, 1.807) is 25.1 Å². The largest absolute Gasteiger partial charge is 0.461 e. The van der Waals surface area contributed by atoms with E-state index in [1.165, 1.54) is 13.0 Å². The lowest BCUT2D eigenvalue weighted by atomic mass is 10.1. The molecule has 0 radical (unpaired) electrons. The van der Waals surface area contributed by atoms with Crippen LogP contribution in [0.25, 0.3) is 10.9 Å². The Hall–Kier alpha value is -2.63. The monoisotopic (exact) mass is 274 g/mol. The highest BCUT2D eigenvalue weighted by atomic mass is 16.5.